The van der Waals surface area contributed by atoms with Crippen molar-refractivity contribution in [3.05, 3.63) is 77.6 Å². The highest BCUT2D eigenvalue weighted by molar-refractivity contribution is 7.92. The maximum atomic E-state index is 13.9. The van der Waals surface area contributed by atoms with E-state index in [4.69, 9.17) is 4.42 Å². The van der Waals surface area contributed by atoms with Gasteiger partial charge >= 0.3 is 11.8 Å². The molecule has 1 aliphatic heterocycles. The first-order chi connectivity index (χ1) is 21.1. The number of alkyl halides is 5. The van der Waals surface area contributed by atoms with Gasteiger partial charge in [0.25, 0.3) is 5.91 Å². The number of anilines is 1. The number of hydrogen-bond acceptors (Lipinski definition) is 5. The molecule has 0 spiro atoms. The van der Waals surface area contributed by atoms with Gasteiger partial charge in [0.15, 0.2) is 5.78 Å². The van der Waals surface area contributed by atoms with Gasteiger partial charge in [0, 0.05) is 34.6 Å². The monoisotopic (exact) mass is 652 g/mol. The lowest BCUT2D eigenvalue weighted by molar-refractivity contribution is -0.172. The number of ketones is 1. The van der Waals surface area contributed by atoms with Crippen LogP contribution in [0.4, 0.5) is 32.0 Å². The Hall–Kier alpha value is -4.33. The molecule has 4 aromatic rings. The predicted octanol–water partition coefficient (Wildman–Crippen LogP) is 6.96. The molecule has 1 saturated heterocycles. The van der Waals surface area contributed by atoms with Crippen LogP contribution in [0.5, 0.6) is 0 Å². The smallest absolute Gasteiger partial charge is 0.329 e. The van der Waals surface area contributed by atoms with Gasteiger partial charge in [0.1, 0.15) is 23.8 Å². The fourth-order valence-electron chi connectivity index (χ4n) is 5.28. The van der Waals surface area contributed by atoms with Crippen LogP contribution in [0, 0.1) is 5.82 Å². The molecule has 0 bridgehead atoms. The number of sulfonamides is 1. The number of carbonyl (C=O) groups excluding carboxylic acids is 2. The van der Waals surface area contributed by atoms with E-state index in [1.165, 1.54) is 60.7 Å². The highest BCUT2D eigenvalue weighted by Gasteiger charge is 2.63. The molecule has 7 nitrogen and oxygen atoms in total. The molecule has 238 valence electrons. The summed E-state index contributed by atoms with van der Waals surface area (Å²) in [7, 11) is -4.12. The van der Waals surface area contributed by atoms with E-state index in [2.05, 4.69) is 0 Å². The maximum Gasteiger partial charge on any atom is 0.329 e. The van der Waals surface area contributed by atoms with Gasteiger partial charge in [-0.25, -0.2) is 17.2 Å². The summed E-state index contributed by atoms with van der Waals surface area (Å²) in [6, 6.07) is 13.1. The zero-order valence-electron chi connectivity index (χ0n) is 23.9. The van der Waals surface area contributed by atoms with Crippen LogP contribution >= 0.6 is 0 Å². The van der Waals surface area contributed by atoms with Crippen molar-refractivity contribution in [1.82, 2.24) is 4.90 Å². The second-order valence-electron chi connectivity index (χ2n) is 10.6. The molecule has 45 heavy (non-hydrogen) atoms. The number of hydrogen-bond donors (Lipinski definition) is 0. The van der Waals surface area contributed by atoms with Crippen LogP contribution in [0.1, 0.15) is 34.1 Å². The number of halogens is 6. The lowest BCUT2D eigenvalue weighted by atomic mass is 9.95. The molecule has 0 unspecified atom stereocenters. The Labute approximate surface area is 254 Å². The fraction of sp³-hybridized carbons (Fsp3) is 0.290. The third-order valence-corrected chi connectivity index (χ3v) is 8.67. The van der Waals surface area contributed by atoms with Gasteiger partial charge in [-0.2, -0.15) is 17.6 Å². The summed E-state index contributed by atoms with van der Waals surface area (Å²) < 4.78 is 115. The SMILES string of the molecule is CCC(=O)c1c(-c2ccc(F)cc2)oc2cc(N(CCF)S(C)(=O)=O)c(-c3cccc(C(=O)N4CC(F)(F)C(F)(F)C4)c3)cc12. The van der Waals surface area contributed by atoms with E-state index >= 15 is 0 Å². The number of Topliss-reactive ketones (excluding diaryl/α,β-unsaturated/α-hetero) is 1. The summed E-state index contributed by atoms with van der Waals surface area (Å²) in [6.07, 6.45) is 0.884. The summed E-state index contributed by atoms with van der Waals surface area (Å²) in [4.78, 5) is 26.6. The number of amides is 1. The molecule has 3 aromatic carbocycles. The summed E-state index contributed by atoms with van der Waals surface area (Å²) >= 11 is 0. The van der Waals surface area contributed by atoms with Gasteiger partial charge in [0.05, 0.1) is 37.1 Å². The van der Waals surface area contributed by atoms with Crippen LogP contribution in [0.15, 0.2) is 65.1 Å². The molecular weight excluding hydrogens is 626 g/mol. The van der Waals surface area contributed by atoms with E-state index in [1.54, 1.807) is 6.92 Å². The largest absolute Gasteiger partial charge is 0.455 e. The van der Waals surface area contributed by atoms with Gasteiger partial charge in [-0.05, 0) is 48.0 Å². The van der Waals surface area contributed by atoms with Crippen molar-refractivity contribution < 1.29 is 48.8 Å². The Morgan fingerprint density at radius 3 is 2.18 bits per heavy atom. The Morgan fingerprint density at radius 2 is 1.60 bits per heavy atom. The van der Waals surface area contributed by atoms with Crippen molar-refractivity contribution in [3.8, 4) is 22.5 Å². The third kappa shape index (κ3) is 5.90. The third-order valence-electron chi connectivity index (χ3n) is 7.49. The van der Waals surface area contributed by atoms with Crippen LogP contribution in [0.25, 0.3) is 33.4 Å². The van der Waals surface area contributed by atoms with Gasteiger partial charge < -0.3 is 9.32 Å². The Balaban J connectivity index is 1.74. The van der Waals surface area contributed by atoms with Crippen molar-refractivity contribution in [3.63, 3.8) is 0 Å². The molecule has 2 heterocycles. The Kier molecular flexibility index (Phi) is 8.23. The number of fused-ring (bicyclic) bond motifs is 1. The van der Waals surface area contributed by atoms with E-state index in [0.29, 0.717) is 10.5 Å². The number of carbonyl (C=O) groups is 2. The summed E-state index contributed by atoms with van der Waals surface area (Å²) in [5.74, 6) is -10.8. The number of benzene rings is 3. The summed E-state index contributed by atoms with van der Waals surface area (Å²) in [5, 5.41) is 0.226. The van der Waals surface area contributed by atoms with Gasteiger partial charge in [-0.1, -0.05) is 19.1 Å². The molecule has 0 radical (unpaired) electrons. The molecule has 0 saturated carbocycles. The zero-order valence-corrected chi connectivity index (χ0v) is 24.7. The molecule has 5 rings (SSSR count). The first kappa shape index (κ1) is 32.1. The van der Waals surface area contributed by atoms with Crippen molar-refractivity contribution in [2.45, 2.75) is 25.2 Å². The van der Waals surface area contributed by atoms with Gasteiger partial charge in [-0.3, -0.25) is 13.9 Å². The molecule has 0 aliphatic carbocycles. The maximum absolute atomic E-state index is 13.9. The van der Waals surface area contributed by atoms with Crippen LogP contribution in [-0.4, -0.2) is 69.4 Å². The molecular formula is C31H26F6N2O5S. The lowest BCUT2D eigenvalue weighted by Gasteiger charge is -2.24. The molecule has 1 aromatic heterocycles. The van der Waals surface area contributed by atoms with E-state index in [0.717, 1.165) is 10.6 Å². The Morgan fingerprint density at radius 1 is 0.956 bits per heavy atom. The Bertz CT molecular complexity index is 1890. The lowest BCUT2D eigenvalue weighted by Crippen LogP contribution is -2.38. The van der Waals surface area contributed by atoms with Crippen molar-refractivity contribution >= 4 is 38.4 Å². The van der Waals surface area contributed by atoms with Crippen LogP contribution in [-0.2, 0) is 10.0 Å². The zero-order chi connectivity index (χ0) is 32.9. The molecule has 1 amide bonds. The second kappa shape index (κ2) is 11.5. The summed E-state index contributed by atoms with van der Waals surface area (Å²) in [5.41, 5.74) is 0.396. The second-order valence-corrected chi connectivity index (χ2v) is 12.5. The first-order valence-electron chi connectivity index (χ1n) is 13.7. The van der Waals surface area contributed by atoms with Crippen LogP contribution in [0.3, 0.4) is 0 Å². The molecule has 1 fully saturated rings. The predicted molar refractivity (Wildman–Crippen MR) is 156 cm³/mol. The average molecular weight is 653 g/mol. The molecule has 1 aliphatic rings. The van der Waals surface area contributed by atoms with Gasteiger partial charge in [0.2, 0.25) is 10.0 Å². The quantitative estimate of drug-likeness (QED) is 0.144. The minimum Gasteiger partial charge on any atom is -0.455 e. The van der Waals surface area contributed by atoms with Crippen LogP contribution in [0.2, 0.25) is 0 Å². The average Bonchev–Trinajstić information content (AvgIpc) is 3.46. The number of rotatable bonds is 9. The molecule has 0 atom stereocenters. The molecule has 0 N–H and O–H groups in total. The minimum atomic E-state index is -4.42. The highest BCUT2D eigenvalue weighted by atomic mass is 32.2. The van der Waals surface area contributed by atoms with E-state index in [9.17, 15) is 44.3 Å². The van der Waals surface area contributed by atoms with Crippen molar-refractivity contribution in [2.75, 3.05) is 36.9 Å². The highest BCUT2D eigenvalue weighted by Crippen LogP contribution is 2.44. The first-order valence-corrected chi connectivity index (χ1v) is 15.5. The van der Waals surface area contributed by atoms with Crippen molar-refractivity contribution in [2.24, 2.45) is 0 Å². The van der Waals surface area contributed by atoms with Gasteiger partial charge in [-0.15, -0.1) is 0 Å². The number of nitrogens with zero attached hydrogens (tertiary/aromatic N) is 2. The number of furan rings is 1. The minimum absolute atomic E-state index is 0.0340. The normalized spacial score (nSPS) is 15.9. The fourth-order valence-corrected chi connectivity index (χ4v) is 6.19. The summed E-state index contributed by atoms with van der Waals surface area (Å²) in [6.45, 7) is -3.08. The van der Waals surface area contributed by atoms with E-state index < -0.39 is 59.9 Å². The molecule has 14 heteroatoms. The van der Waals surface area contributed by atoms with Crippen molar-refractivity contribution in [1.29, 1.82) is 0 Å². The topological polar surface area (TPSA) is 87.9 Å². The van der Waals surface area contributed by atoms with E-state index in [1.807, 2.05) is 0 Å². The van der Waals surface area contributed by atoms with Crippen LogP contribution < -0.4 is 4.31 Å². The number of likely N-dealkylation sites (tertiary alicyclic amines) is 1. The standard InChI is InChI=1S/C31H26F6N2O5S/c1-3-25(40)27-23-14-22(19-5-4-6-20(13-19)29(41)38-16-30(34,35)31(36,37)17-38)24(39(12-11-32)45(2,42)43)15-26(23)44-28(27)18-7-9-21(33)10-8-18/h4-10,13-15H,3,11-12,16-17H2,1-2H3. The van der Waals surface area contributed by atoms with E-state index in [-0.39, 0.29) is 56.9 Å².